The highest BCUT2D eigenvalue weighted by Crippen LogP contribution is 2.26. The van der Waals surface area contributed by atoms with Crippen molar-refractivity contribution in [1.29, 1.82) is 0 Å². The monoisotopic (exact) mass is 533 g/mol. The van der Waals surface area contributed by atoms with Gasteiger partial charge in [0.1, 0.15) is 24.3 Å². The zero-order valence-corrected chi connectivity index (χ0v) is 21.9. The molecule has 0 radical (unpaired) electrons. The number of aliphatic hydroxyl groups is 1. The molecule has 0 aromatic rings. The van der Waals surface area contributed by atoms with Gasteiger partial charge in [0.05, 0.1) is 19.8 Å². The van der Waals surface area contributed by atoms with Gasteiger partial charge < -0.3 is 24.6 Å². The Bertz CT molecular complexity index is 681. The number of aliphatic hydroxyl groups excluding tert-OH is 1. The van der Waals surface area contributed by atoms with E-state index in [1.54, 1.807) is 34.6 Å². The maximum absolute atomic E-state index is 13.2. The van der Waals surface area contributed by atoms with Gasteiger partial charge >= 0.3 is 12.1 Å². The van der Waals surface area contributed by atoms with Crippen LogP contribution in [0.5, 0.6) is 0 Å². The van der Waals surface area contributed by atoms with E-state index in [0.29, 0.717) is 19.4 Å². The molecule has 1 aliphatic heterocycles. The molecule has 0 saturated carbocycles. The second-order valence-corrected chi connectivity index (χ2v) is 12.1. The molecule has 0 spiro atoms. The Morgan fingerprint density at radius 3 is 2.33 bits per heavy atom. The third-order valence-corrected chi connectivity index (χ3v) is 4.64. The van der Waals surface area contributed by atoms with Crippen LogP contribution in [0.2, 0.25) is 0 Å². The quantitative estimate of drug-likeness (QED) is 0.304. The zero-order valence-electron chi connectivity index (χ0n) is 19.6. The molecule has 2 amide bonds. The molecule has 0 aromatic carbocycles. The van der Waals surface area contributed by atoms with Crippen LogP contribution >= 0.6 is 34.8 Å². The minimum Gasteiger partial charge on any atom is -0.460 e. The number of nitrogens with one attached hydrogen (secondary N) is 2. The van der Waals surface area contributed by atoms with Crippen molar-refractivity contribution in [3.63, 3.8) is 0 Å². The van der Waals surface area contributed by atoms with Crippen molar-refractivity contribution in [3.05, 3.63) is 0 Å². The third-order valence-electron chi connectivity index (χ3n) is 4.31. The number of nitrogens with zero attached hydrogens (tertiary/aromatic N) is 1. The van der Waals surface area contributed by atoms with Gasteiger partial charge in [0.15, 0.2) is 0 Å². The molecule has 0 bridgehead atoms. The van der Waals surface area contributed by atoms with E-state index in [1.807, 2.05) is 0 Å². The van der Waals surface area contributed by atoms with Crippen LogP contribution in [0, 0.1) is 5.41 Å². The molecule has 10 nitrogen and oxygen atoms in total. The molecule has 192 valence electrons. The molecule has 0 aliphatic carbocycles. The number of halogens is 3. The first-order chi connectivity index (χ1) is 15.0. The molecule has 1 saturated heterocycles. The van der Waals surface area contributed by atoms with Crippen molar-refractivity contribution < 1.29 is 33.7 Å². The predicted molar refractivity (Wildman–Crippen MR) is 124 cm³/mol. The Hall–Kier alpha value is -1.04. The molecular weight excluding hydrogens is 501 g/mol. The van der Waals surface area contributed by atoms with Gasteiger partial charge in [-0.3, -0.25) is 14.6 Å². The van der Waals surface area contributed by atoms with Gasteiger partial charge in [-0.2, -0.15) is 0 Å². The first-order valence-electron chi connectivity index (χ1n) is 10.5. The van der Waals surface area contributed by atoms with E-state index in [-0.39, 0.29) is 19.8 Å². The minimum absolute atomic E-state index is 0.114. The van der Waals surface area contributed by atoms with E-state index in [4.69, 9.17) is 49.0 Å². The summed E-state index contributed by atoms with van der Waals surface area (Å²) in [5, 5.41) is 13.1. The lowest BCUT2D eigenvalue weighted by atomic mass is 9.96. The molecule has 0 unspecified atom stereocenters. The van der Waals surface area contributed by atoms with Crippen molar-refractivity contribution >= 4 is 52.8 Å². The Morgan fingerprint density at radius 1 is 1.15 bits per heavy atom. The highest BCUT2D eigenvalue weighted by atomic mass is 35.6. The van der Waals surface area contributed by atoms with Crippen LogP contribution < -0.4 is 10.7 Å². The molecular formula is C20H34Cl3N3O7. The van der Waals surface area contributed by atoms with Crippen LogP contribution in [0.25, 0.3) is 0 Å². The number of amides is 2. The predicted octanol–water partition coefficient (Wildman–Crippen LogP) is 2.32. The standard InChI is InChI=1S/C20H34Cl3N3O7/c1-18(2,3)33-17(30)24-14(9-31-11-19(4,5)10-27)15(28)26-8-6-7-13(25-26)16(29)32-12-20(21,22)23/h13-14,25,27H,6-12H2,1-5H3,(H,24,30)/t13-,14-/m0/s1. The number of hydrogen-bond acceptors (Lipinski definition) is 8. The van der Waals surface area contributed by atoms with Gasteiger partial charge in [-0.25, -0.2) is 10.2 Å². The number of esters is 1. The zero-order chi connectivity index (χ0) is 25.4. The molecule has 1 rings (SSSR count). The summed E-state index contributed by atoms with van der Waals surface area (Å²) in [6.45, 7) is 8.43. The number of ether oxygens (including phenoxy) is 3. The third kappa shape index (κ3) is 12.3. The number of carbonyl (C=O) groups is 3. The topological polar surface area (TPSA) is 126 Å². The molecule has 13 heteroatoms. The minimum atomic E-state index is -1.75. The number of hydrogen-bond donors (Lipinski definition) is 3. The SMILES string of the molecule is CC(C)(CO)COC[C@H](NC(=O)OC(C)(C)C)C(=O)N1CCC[C@@H](C(=O)OCC(Cl)(Cl)Cl)N1. The molecule has 1 aliphatic rings. The number of carbonyl (C=O) groups excluding carboxylic acids is 3. The summed E-state index contributed by atoms with van der Waals surface area (Å²) in [5.41, 5.74) is 1.51. The maximum atomic E-state index is 13.2. The van der Waals surface area contributed by atoms with Crippen molar-refractivity contribution in [2.24, 2.45) is 5.41 Å². The lowest BCUT2D eigenvalue weighted by Crippen LogP contribution is -2.61. The summed E-state index contributed by atoms with van der Waals surface area (Å²) in [7, 11) is 0. The van der Waals surface area contributed by atoms with E-state index in [2.05, 4.69) is 10.7 Å². The summed E-state index contributed by atoms with van der Waals surface area (Å²) >= 11 is 16.8. The fourth-order valence-electron chi connectivity index (χ4n) is 2.68. The number of alkyl carbamates (subject to hydrolysis) is 1. The van der Waals surface area contributed by atoms with Crippen LogP contribution in [-0.2, 0) is 23.8 Å². The van der Waals surface area contributed by atoms with Gasteiger partial charge in [-0.1, -0.05) is 48.7 Å². The highest BCUT2D eigenvalue weighted by molar-refractivity contribution is 6.67. The van der Waals surface area contributed by atoms with E-state index in [9.17, 15) is 19.5 Å². The Labute approximate surface area is 209 Å². The molecule has 2 atom stereocenters. The van der Waals surface area contributed by atoms with Crippen molar-refractivity contribution in [3.8, 4) is 0 Å². The molecule has 0 aromatic heterocycles. The molecule has 1 fully saturated rings. The first-order valence-corrected chi connectivity index (χ1v) is 11.7. The number of hydrazine groups is 1. The fraction of sp³-hybridized carbons (Fsp3) is 0.850. The number of alkyl halides is 3. The van der Waals surface area contributed by atoms with Crippen LogP contribution in [0.1, 0.15) is 47.5 Å². The lowest BCUT2D eigenvalue weighted by Gasteiger charge is -2.35. The highest BCUT2D eigenvalue weighted by Gasteiger charge is 2.35. The van der Waals surface area contributed by atoms with Crippen LogP contribution in [0.15, 0.2) is 0 Å². The normalized spacial score (nSPS) is 18.5. The van der Waals surface area contributed by atoms with Gasteiger partial charge in [-0.05, 0) is 33.6 Å². The molecule has 33 heavy (non-hydrogen) atoms. The van der Waals surface area contributed by atoms with Crippen LogP contribution in [0.3, 0.4) is 0 Å². The average molecular weight is 535 g/mol. The Morgan fingerprint density at radius 2 is 1.79 bits per heavy atom. The molecule has 1 heterocycles. The van der Waals surface area contributed by atoms with Crippen molar-refractivity contribution in [2.75, 3.05) is 33.0 Å². The van der Waals surface area contributed by atoms with Crippen molar-refractivity contribution in [1.82, 2.24) is 15.8 Å². The fourth-order valence-corrected chi connectivity index (χ4v) is 2.84. The average Bonchev–Trinajstić information content (AvgIpc) is 2.68. The van der Waals surface area contributed by atoms with E-state index in [0.717, 1.165) is 0 Å². The van der Waals surface area contributed by atoms with Gasteiger partial charge in [0, 0.05) is 12.0 Å². The second-order valence-electron chi connectivity index (χ2n) is 9.57. The first kappa shape index (κ1) is 30.0. The van der Waals surface area contributed by atoms with Gasteiger partial charge in [0.2, 0.25) is 3.79 Å². The maximum Gasteiger partial charge on any atom is 0.408 e. The summed E-state index contributed by atoms with van der Waals surface area (Å²) in [4.78, 5) is 37.7. The largest absolute Gasteiger partial charge is 0.460 e. The van der Waals surface area contributed by atoms with E-state index < -0.39 is 51.5 Å². The summed E-state index contributed by atoms with van der Waals surface area (Å²) in [6.07, 6.45) is 0.124. The smallest absolute Gasteiger partial charge is 0.408 e. The Kier molecular flexibility index (Phi) is 11.5. The lowest BCUT2D eigenvalue weighted by molar-refractivity contribution is -0.153. The number of rotatable bonds is 9. The van der Waals surface area contributed by atoms with Crippen molar-refractivity contribution in [2.45, 2.75) is 68.9 Å². The van der Waals surface area contributed by atoms with E-state index >= 15 is 0 Å². The summed E-state index contributed by atoms with van der Waals surface area (Å²) < 4.78 is 14.1. The summed E-state index contributed by atoms with van der Waals surface area (Å²) in [5.74, 6) is -1.20. The summed E-state index contributed by atoms with van der Waals surface area (Å²) in [6, 6.07) is -1.93. The second kappa shape index (κ2) is 12.6. The Balaban J connectivity index is 2.84. The van der Waals surface area contributed by atoms with Crippen LogP contribution in [-0.4, -0.2) is 82.5 Å². The van der Waals surface area contributed by atoms with Gasteiger partial charge in [0.25, 0.3) is 5.91 Å². The molecule has 3 N–H and O–H groups in total. The van der Waals surface area contributed by atoms with Crippen LogP contribution in [0.4, 0.5) is 4.79 Å². The van der Waals surface area contributed by atoms with E-state index in [1.165, 1.54) is 5.01 Å². The van der Waals surface area contributed by atoms with Gasteiger partial charge in [-0.15, -0.1) is 0 Å².